The number of phenols is 1. The highest BCUT2D eigenvalue weighted by Gasteiger charge is 2.35. The van der Waals surface area contributed by atoms with E-state index in [4.69, 9.17) is 29.4 Å². The fraction of sp³-hybridized carbons (Fsp3) is 0.571. The van der Waals surface area contributed by atoms with Crippen molar-refractivity contribution in [3.05, 3.63) is 47.1 Å². The van der Waals surface area contributed by atoms with Crippen molar-refractivity contribution in [3.63, 3.8) is 0 Å². The van der Waals surface area contributed by atoms with Gasteiger partial charge in [-0.2, -0.15) is 0 Å². The zero-order valence-electron chi connectivity index (χ0n) is 30.2. The SMILES string of the molecule is CNCCN(C)C(=O)Oc1cc2c(O)c(c1OC)[C@H](OC)[C@@H](C)C[C@H](OC)[C@H](O)[C@@H](C)/C=C(\C)[C@H](OC(N)=O)[C@@H](C)/C=C\C=C(/C)C(=O)N2. The quantitative estimate of drug-likeness (QED) is 0.193. The number of aliphatic hydroxyl groups excluding tert-OH is 1. The molecule has 2 bridgehead atoms. The summed E-state index contributed by atoms with van der Waals surface area (Å²) in [7, 11) is 7.64. The molecule has 274 valence electrons. The number of carbonyl (C=O) groups excluding carboxylic acids is 3. The third-order valence-corrected chi connectivity index (χ3v) is 8.61. The lowest BCUT2D eigenvalue weighted by Crippen LogP contribution is -2.36. The summed E-state index contributed by atoms with van der Waals surface area (Å²) in [6.07, 6.45) is 2.04. The van der Waals surface area contributed by atoms with Gasteiger partial charge < -0.3 is 55.2 Å². The molecule has 0 spiro atoms. The number of nitrogens with one attached hydrogen (secondary N) is 2. The maximum absolute atomic E-state index is 13.4. The van der Waals surface area contributed by atoms with Gasteiger partial charge in [-0.3, -0.25) is 4.79 Å². The number of hydrogen-bond acceptors (Lipinski definition) is 11. The van der Waals surface area contributed by atoms with Crippen LogP contribution in [0.1, 0.15) is 52.7 Å². The number of anilines is 1. The monoisotopic (exact) mass is 690 g/mol. The van der Waals surface area contributed by atoms with E-state index in [1.165, 1.54) is 32.3 Å². The summed E-state index contributed by atoms with van der Waals surface area (Å²) >= 11 is 0. The van der Waals surface area contributed by atoms with Crippen LogP contribution in [-0.2, 0) is 19.0 Å². The van der Waals surface area contributed by atoms with E-state index in [0.29, 0.717) is 18.7 Å². The molecular weight excluding hydrogens is 636 g/mol. The van der Waals surface area contributed by atoms with Gasteiger partial charge in [0.1, 0.15) is 11.9 Å². The number of rotatable bonds is 8. The number of aromatic hydroxyl groups is 1. The molecule has 0 aromatic heterocycles. The molecule has 0 radical (unpaired) electrons. The van der Waals surface area contributed by atoms with Gasteiger partial charge in [0.25, 0.3) is 5.91 Å². The zero-order valence-corrected chi connectivity index (χ0v) is 30.2. The van der Waals surface area contributed by atoms with Crippen molar-refractivity contribution in [2.24, 2.45) is 23.5 Å². The van der Waals surface area contributed by atoms with Crippen LogP contribution in [0.4, 0.5) is 15.3 Å². The number of fused-ring (bicyclic) bond motifs is 2. The van der Waals surface area contributed by atoms with Gasteiger partial charge in [0.2, 0.25) is 0 Å². The number of primary amides is 1. The van der Waals surface area contributed by atoms with Crippen molar-refractivity contribution in [1.29, 1.82) is 0 Å². The van der Waals surface area contributed by atoms with Crippen LogP contribution < -0.4 is 25.8 Å². The second-order valence-electron chi connectivity index (χ2n) is 12.4. The minimum absolute atomic E-state index is 0.0292. The number of benzene rings is 1. The lowest BCUT2D eigenvalue weighted by Gasteiger charge is -2.32. The Morgan fingerprint density at radius 2 is 1.78 bits per heavy atom. The first-order valence-electron chi connectivity index (χ1n) is 16.2. The first-order chi connectivity index (χ1) is 23.1. The highest BCUT2D eigenvalue weighted by molar-refractivity contribution is 6.04. The predicted octanol–water partition coefficient (Wildman–Crippen LogP) is 4.28. The van der Waals surface area contributed by atoms with E-state index in [2.05, 4.69) is 10.6 Å². The van der Waals surface area contributed by atoms with E-state index in [1.54, 1.807) is 46.2 Å². The molecule has 1 heterocycles. The van der Waals surface area contributed by atoms with E-state index < -0.39 is 54.3 Å². The zero-order chi connectivity index (χ0) is 37.0. The van der Waals surface area contributed by atoms with Crippen molar-refractivity contribution < 1.29 is 48.3 Å². The summed E-state index contributed by atoms with van der Waals surface area (Å²) in [5, 5.41) is 28.8. The second kappa shape index (κ2) is 19.2. The number of hydrogen-bond donors (Lipinski definition) is 5. The Morgan fingerprint density at radius 1 is 1.10 bits per heavy atom. The molecule has 0 aliphatic carbocycles. The number of aliphatic hydroxyl groups is 1. The highest BCUT2D eigenvalue weighted by Crippen LogP contribution is 2.49. The van der Waals surface area contributed by atoms with Gasteiger partial charge in [0.15, 0.2) is 11.5 Å². The summed E-state index contributed by atoms with van der Waals surface area (Å²) < 4.78 is 28.6. The van der Waals surface area contributed by atoms with Crippen LogP contribution in [0.25, 0.3) is 0 Å². The van der Waals surface area contributed by atoms with Crippen LogP contribution in [0.15, 0.2) is 41.5 Å². The van der Waals surface area contributed by atoms with Crippen molar-refractivity contribution in [3.8, 4) is 17.2 Å². The summed E-state index contributed by atoms with van der Waals surface area (Å²) in [4.78, 5) is 39.6. The molecule has 49 heavy (non-hydrogen) atoms. The molecule has 0 fully saturated rings. The normalized spacial score (nSPS) is 28.2. The van der Waals surface area contributed by atoms with Gasteiger partial charge >= 0.3 is 12.2 Å². The molecule has 14 heteroatoms. The maximum Gasteiger partial charge on any atom is 0.415 e. The molecule has 3 amide bonds. The van der Waals surface area contributed by atoms with E-state index in [1.807, 2.05) is 26.8 Å². The van der Waals surface area contributed by atoms with E-state index in [-0.39, 0.29) is 46.4 Å². The van der Waals surface area contributed by atoms with Crippen LogP contribution in [0, 0.1) is 17.8 Å². The smallest absolute Gasteiger partial charge is 0.415 e. The fourth-order valence-corrected chi connectivity index (χ4v) is 5.80. The number of likely N-dealkylation sites (N-methyl/N-ethyl adjacent to an activating group) is 2. The lowest BCUT2D eigenvalue weighted by molar-refractivity contribution is -0.112. The number of allylic oxidation sites excluding steroid dienone is 2. The first-order valence-corrected chi connectivity index (χ1v) is 16.2. The Balaban J connectivity index is 2.81. The predicted molar refractivity (Wildman–Crippen MR) is 186 cm³/mol. The minimum atomic E-state index is -1.00. The number of nitrogens with two attached hydrogens (primary N) is 1. The molecule has 1 aliphatic heterocycles. The highest BCUT2D eigenvalue weighted by atomic mass is 16.6. The van der Waals surface area contributed by atoms with Crippen LogP contribution in [-0.4, -0.2) is 100 Å². The van der Waals surface area contributed by atoms with Gasteiger partial charge in [-0.05, 0) is 38.8 Å². The van der Waals surface area contributed by atoms with E-state index >= 15 is 0 Å². The van der Waals surface area contributed by atoms with Crippen LogP contribution in [0.3, 0.4) is 0 Å². The minimum Gasteiger partial charge on any atom is -0.505 e. The largest absolute Gasteiger partial charge is 0.505 e. The molecule has 0 saturated heterocycles. The van der Waals surface area contributed by atoms with Gasteiger partial charge in [-0.15, -0.1) is 0 Å². The molecule has 14 nitrogen and oxygen atoms in total. The molecule has 6 N–H and O–H groups in total. The van der Waals surface area contributed by atoms with E-state index in [9.17, 15) is 24.6 Å². The average Bonchev–Trinajstić information content (AvgIpc) is 3.05. The molecular formula is C35H54N4O10. The summed E-state index contributed by atoms with van der Waals surface area (Å²) in [5.74, 6) is -2.17. The standard InChI is InChI=1S/C35H54N4O10/c1-19-12-11-13-20(2)33(42)38-24-18-26(48-35(44)39(7)15-14-37-6)32(47-10)27(29(24)41)31(46-9)23(5)17-25(45-8)28(40)21(3)16-22(4)30(19)49-34(36)43/h11-13,16,18-19,21,23,25,28,30-31,37,40-41H,14-15,17H2,1-10H3,(H2,36,43)(H,38,42)/b12-11-,20-13+,22-16+/t19-,21-,23-,25-,28+,30+,31+/m0/s1. The average molecular weight is 691 g/mol. The summed E-state index contributed by atoms with van der Waals surface area (Å²) in [6, 6.07) is 1.31. The molecule has 2 rings (SSSR count). The maximum atomic E-state index is 13.4. The summed E-state index contributed by atoms with van der Waals surface area (Å²) in [5.41, 5.74) is 6.42. The number of amides is 3. The number of phenolic OH excluding ortho intramolecular Hbond substituents is 1. The molecule has 0 saturated carbocycles. The Labute approximate surface area is 289 Å². The Hall–Kier alpha value is -4.11. The van der Waals surface area contributed by atoms with Gasteiger partial charge in [0, 0.05) is 57.8 Å². The van der Waals surface area contributed by atoms with Crippen LogP contribution in [0.2, 0.25) is 0 Å². The number of carbonyl (C=O) groups is 3. The molecule has 0 unspecified atom stereocenters. The molecule has 1 aromatic carbocycles. The third-order valence-electron chi connectivity index (χ3n) is 8.61. The van der Waals surface area contributed by atoms with Crippen molar-refractivity contribution >= 4 is 23.8 Å². The van der Waals surface area contributed by atoms with Gasteiger partial charge in [0.05, 0.1) is 36.7 Å². The summed E-state index contributed by atoms with van der Waals surface area (Å²) in [6.45, 7) is 9.74. The molecule has 1 aromatic rings. The third kappa shape index (κ3) is 10.9. The fourth-order valence-electron chi connectivity index (χ4n) is 5.80. The number of methoxy groups -OCH3 is 3. The van der Waals surface area contributed by atoms with Gasteiger partial charge in [-0.1, -0.05) is 45.1 Å². The number of ether oxygens (including phenoxy) is 5. The van der Waals surface area contributed by atoms with Crippen LogP contribution in [0.5, 0.6) is 17.2 Å². The molecule has 7 atom stereocenters. The lowest BCUT2D eigenvalue weighted by atomic mass is 9.85. The second-order valence-corrected chi connectivity index (χ2v) is 12.4. The number of nitrogens with zero attached hydrogens (tertiary/aromatic N) is 1. The van der Waals surface area contributed by atoms with Crippen molar-refractivity contribution in [1.82, 2.24) is 10.2 Å². The Kier molecular flexibility index (Phi) is 16.1. The van der Waals surface area contributed by atoms with Gasteiger partial charge in [-0.25, -0.2) is 9.59 Å². The Morgan fingerprint density at radius 3 is 2.35 bits per heavy atom. The van der Waals surface area contributed by atoms with Crippen LogP contribution >= 0.6 is 0 Å². The van der Waals surface area contributed by atoms with Crippen molar-refractivity contribution in [2.45, 2.75) is 65.5 Å². The van der Waals surface area contributed by atoms with Crippen molar-refractivity contribution in [2.75, 3.05) is 53.8 Å². The molecule has 1 aliphatic rings. The van der Waals surface area contributed by atoms with E-state index in [0.717, 1.165) is 0 Å². The Bertz CT molecular complexity index is 1390. The topological polar surface area (TPSA) is 191 Å². The first kappa shape index (κ1) is 41.1.